The van der Waals surface area contributed by atoms with E-state index in [2.05, 4.69) is 15.3 Å². The summed E-state index contributed by atoms with van der Waals surface area (Å²) in [5, 5.41) is 3.14. The van der Waals surface area contributed by atoms with E-state index in [9.17, 15) is 4.79 Å². The van der Waals surface area contributed by atoms with Crippen molar-refractivity contribution in [3.8, 4) is 17.1 Å². The van der Waals surface area contributed by atoms with Crippen LogP contribution in [0.5, 0.6) is 5.75 Å². The number of ether oxygens (including phenoxy) is 2. The van der Waals surface area contributed by atoms with Crippen molar-refractivity contribution in [1.29, 1.82) is 0 Å². The molecule has 0 aliphatic carbocycles. The predicted octanol–water partition coefficient (Wildman–Crippen LogP) is 4.11. The van der Waals surface area contributed by atoms with E-state index in [4.69, 9.17) is 25.5 Å². The number of methoxy groups -OCH3 is 2. The zero-order chi connectivity index (χ0) is 19.4. The molecular weight excluding hydrogens is 370 g/mol. The Morgan fingerprint density at radius 3 is 2.74 bits per heavy atom. The molecule has 0 radical (unpaired) electrons. The number of carbonyl (C=O) groups excluding carboxylic acids is 1. The molecule has 0 bridgehead atoms. The molecule has 0 amide bonds. The van der Waals surface area contributed by atoms with Gasteiger partial charge in [-0.05, 0) is 36.8 Å². The SMILES string of the molecule is COC(=O)c1nc(-c2ccc(C)cc2OC)nc(NCc2ccco2)c1Cl. The Kier molecular flexibility index (Phi) is 5.61. The number of rotatable bonds is 6. The standard InChI is InChI=1S/C19H18ClN3O4/c1-11-6-7-13(14(9-11)25-2)17-22-16(19(24)26-3)15(20)18(23-17)21-10-12-5-4-8-27-12/h4-9H,10H2,1-3H3,(H,21,22,23). The van der Waals surface area contributed by atoms with Crippen LogP contribution in [0.3, 0.4) is 0 Å². The molecule has 2 aromatic heterocycles. The fourth-order valence-electron chi connectivity index (χ4n) is 2.48. The van der Waals surface area contributed by atoms with Crippen LogP contribution in [-0.4, -0.2) is 30.2 Å². The number of halogens is 1. The Hall–Kier alpha value is -3.06. The number of aromatic nitrogens is 2. The summed E-state index contributed by atoms with van der Waals surface area (Å²) >= 11 is 6.33. The van der Waals surface area contributed by atoms with E-state index < -0.39 is 5.97 Å². The van der Waals surface area contributed by atoms with Crippen LogP contribution in [0.15, 0.2) is 41.0 Å². The van der Waals surface area contributed by atoms with Gasteiger partial charge in [-0.1, -0.05) is 17.7 Å². The molecule has 1 N–H and O–H groups in total. The Balaban J connectivity index is 2.08. The number of hydrogen-bond donors (Lipinski definition) is 1. The van der Waals surface area contributed by atoms with E-state index in [0.29, 0.717) is 35.3 Å². The second-order valence-corrected chi connectivity index (χ2v) is 6.06. The quantitative estimate of drug-likeness (QED) is 0.637. The number of nitrogens with zero attached hydrogens (tertiary/aromatic N) is 2. The molecule has 2 heterocycles. The highest BCUT2D eigenvalue weighted by Gasteiger charge is 2.21. The van der Waals surface area contributed by atoms with Crippen LogP contribution in [0.2, 0.25) is 5.02 Å². The minimum Gasteiger partial charge on any atom is -0.496 e. The molecule has 1 aromatic carbocycles. The monoisotopic (exact) mass is 387 g/mol. The van der Waals surface area contributed by atoms with Gasteiger partial charge < -0.3 is 19.2 Å². The first-order valence-corrected chi connectivity index (χ1v) is 8.48. The maximum Gasteiger partial charge on any atom is 0.358 e. The number of furan rings is 1. The van der Waals surface area contributed by atoms with Crippen LogP contribution >= 0.6 is 11.6 Å². The van der Waals surface area contributed by atoms with Gasteiger partial charge in [0.15, 0.2) is 11.5 Å². The molecule has 140 valence electrons. The number of esters is 1. The van der Waals surface area contributed by atoms with Crippen molar-refractivity contribution in [2.24, 2.45) is 0 Å². The Bertz CT molecular complexity index is 958. The Labute approximate surface area is 161 Å². The van der Waals surface area contributed by atoms with E-state index in [1.807, 2.05) is 31.2 Å². The largest absolute Gasteiger partial charge is 0.496 e. The molecule has 8 heteroatoms. The van der Waals surface area contributed by atoms with Crippen molar-refractivity contribution in [2.75, 3.05) is 19.5 Å². The summed E-state index contributed by atoms with van der Waals surface area (Å²) in [5.41, 5.74) is 1.62. The van der Waals surface area contributed by atoms with Crippen LogP contribution in [-0.2, 0) is 11.3 Å². The van der Waals surface area contributed by atoms with Gasteiger partial charge in [0, 0.05) is 0 Å². The summed E-state index contributed by atoms with van der Waals surface area (Å²) in [6.07, 6.45) is 1.57. The first-order valence-electron chi connectivity index (χ1n) is 8.10. The summed E-state index contributed by atoms with van der Waals surface area (Å²) < 4.78 is 15.5. The summed E-state index contributed by atoms with van der Waals surface area (Å²) in [6.45, 7) is 2.29. The lowest BCUT2D eigenvalue weighted by Crippen LogP contribution is -2.11. The molecule has 0 unspecified atom stereocenters. The second-order valence-electron chi connectivity index (χ2n) is 5.69. The smallest absolute Gasteiger partial charge is 0.358 e. The molecule has 0 aliphatic rings. The van der Waals surface area contributed by atoms with Gasteiger partial charge in [0.2, 0.25) is 0 Å². The van der Waals surface area contributed by atoms with Gasteiger partial charge in [-0.3, -0.25) is 0 Å². The number of aryl methyl sites for hydroxylation is 1. The van der Waals surface area contributed by atoms with E-state index in [-0.39, 0.29) is 10.7 Å². The van der Waals surface area contributed by atoms with Gasteiger partial charge in [0.05, 0.1) is 32.6 Å². The minimum atomic E-state index is -0.657. The van der Waals surface area contributed by atoms with Gasteiger partial charge in [-0.2, -0.15) is 0 Å². The molecule has 0 atom stereocenters. The second kappa shape index (κ2) is 8.09. The number of anilines is 1. The van der Waals surface area contributed by atoms with Crippen LogP contribution < -0.4 is 10.1 Å². The molecule has 0 fully saturated rings. The average molecular weight is 388 g/mol. The van der Waals surface area contributed by atoms with E-state index in [1.54, 1.807) is 19.4 Å². The maximum atomic E-state index is 12.1. The van der Waals surface area contributed by atoms with Gasteiger partial charge in [0.25, 0.3) is 0 Å². The Morgan fingerprint density at radius 1 is 1.26 bits per heavy atom. The van der Waals surface area contributed by atoms with Crippen molar-refractivity contribution in [1.82, 2.24) is 9.97 Å². The fourth-order valence-corrected chi connectivity index (χ4v) is 2.71. The zero-order valence-corrected chi connectivity index (χ0v) is 15.8. The highest BCUT2D eigenvalue weighted by atomic mass is 35.5. The van der Waals surface area contributed by atoms with Crippen LogP contribution in [0.4, 0.5) is 5.82 Å². The lowest BCUT2D eigenvalue weighted by molar-refractivity contribution is 0.0594. The third kappa shape index (κ3) is 4.03. The highest BCUT2D eigenvalue weighted by molar-refractivity contribution is 6.35. The summed E-state index contributed by atoms with van der Waals surface area (Å²) in [5.74, 6) is 1.21. The molecular formula is C19H18ClN3O4. The number of nitrogens with one attached hydrogen (secondary N) is 1. The van der Waals surface area contributed by atoms with Gasteiger partial charge in [-0.15, -0.1) is 0 Å². The topological polar surface area (TPSA) is 86.5 Å². The van der Waals surface area contributed by atoms with Crippen molar-refractivity contribution >= 4 is 23.4 Å². The first-order chi connectivity index (χ1) is 13.0. The molecule has 27 heavy (non-hydrogen) atoms. The van der Waals surface area contributed by atoms with Crippen molar-refractivity contribution in [3.63, 3.8) is 0 Å². The van der Waals surface area contributed by atoms with Gasteiger partial charge in [-0.25, -0.2) is 14.8 Å². The molecule has 0 saturated heterocycles. The molecule has 0 aliphatic heterocycles. The number of benzene rings is 1. The van der Waals surface area contributed by atoms with Gasteiger partial charge >= 0.3 is 5.97 Å². The van der Waals surface area contributed by atoms with E-state index in [0.717, 1.165) is 5.56 Å². The molecule has 3 aromatic rings. The molecule has 3 rings (SSSR count). The Morgan fingerprint density at radius 2 is 2.07 bits per heavy atom. The number of hydrogen-bond acceptors (Lipinski definition) is 7. The third-order valence-electron chi connectivity index (χ3n) is 3.84. The fraction of sp³-hybridized carbons (Fsp3) is 0.211. The van der Waals surface area contributed by atoms with Crippen LogP contribution in [0.25, 0.3) is 11.4 Å². The summed E-state index contributed by atoms with van der Waals surface area (Å²) in [6, 6.07) is 9.19. The number of carbonyl (C=O) groups is 1. The third-order valence-corrected chi connectivity index (χ3v) is 4.20. The van der Waals surface area contributed by atoms with Crippen molar-refractivity contribution < 1.29 is 18.7 Å². The highest BCUT2D eigenvalue weighted by Crippen LogP contribution is 2.32. The van der Waals surface area contributed by atoms with Crippen LogP contribution in [0.1, 0.15) is 21.8 Å². The molecule has 7 nitrogen and oxygen atoms in total. The minimum absolute atomic E-state index is 0.0336. The van der Waals surface area contributed by atoms with Crippen molar-refractivity contribution in [3.05, 3.63) is 58.6 Å². The van der Waals surface area contributed by atoms with Crippen LogP contribution in [0, 0.1) is 6.92 Å². The maximum absolute atomic E-state index is 12.1. The first kappa shape index (κ1) is 18.7. The summed E-state index contributed by atoms with van der Waals surface area (Å²) in [7, 11) is 2.83. The van der Waals surface area contributed by atoms with Gasteiger partial charge in [0.1, 0.15) is 22.4 Å². The summed E-state index contributed by atoms with van der Waals surface area (Å²) in [4.78, 5) is 20.9. The molecule has 0 saturated carbocycles. The predicted molar refractivity (Wildman–Crippen MR) is 101 cm³/mol. The lowest BCUT2D eigenvalue weighted by Gasteiger charge is -2.13. The normalized spacial score (nSPS) is 10.5. The lowest BCUT2D eigenvalue weighted by atomic mass is 10.1. The zero-order valence-electron chi connectivity index (χ0n) is 15.1. The molecule has 0 spiro atoms. The van der Waals surface area contributed by atoms with E-state index >= 15 is 0 Å². The average Bonchev–Trinajstić information content (AvgIpc) is 3.20. The van der Waals surface area contributed by atoms with Crippen molar-refractivity contribution in [2.45, 2.75) is 13.5 Å². The van der Waals surface area contributed by atoms with E-state index in [1.165, 1.54) is 7.11 Å².